The molecule has 1 amide bonds. The van der Waals surface area contributed by atoms with Gasteiger partial charge in [-0.1, -0.05) is 0 Å². The zero-order chi connectivity index (χ0) is 9.26. The van der Waals surface area contributed by atoms with Crippen LogP contribution in [0.5, 0.6) is 0 Å². The summed E-state index contributed by atoms with van der Waals surface area (Å²) in [5.41, 5.74) is 0.766. The van der Waals surface area contributed by atoms with Gasteiger partial charge in [0.05, 0.1) is 11.6 Å². The highest BCUT2D eigenvalue weighted by molar-refractivity contribution is 5.91. The number of carbonyl (C=O) groups excluding carboxylic acids is 1. The molecule has 0 saturated carbocycles. The molecule has 5 nitrogen and oxygen atoms in total. The second-order valence-electron chi connectivity index (χ2n) is 3.14. The number of nitrogens with one attached hydrogen (secondary N) is 2. The van der Waals surface area contributed by atoms with Crippen LogP contribution >= 0.6 is 0 Å². The SMILES string of the molecule is Cc1coc(NC(=O)C2CNC2)n1. The molecule has 0 bridgehead atoms. The predicted octanol–water partition coefficient (Wildman–Crippen LogP) is 0.141. The van der Waals surface area contributed by atoms with E-state index in [0.29, 0.717) is 0 Å². The zero-order valence-electron chi connectivity index (χ0n) is 7.33. The van der Waals surface area contributed by atoms with Crippen LogP contribution in [-0.4, -0.2) is 24.0 Å². The Kier molecular flexibility index (Phi) is 2.02. The molecule has 1 aromatic rings. The molecule has 13 heavy (non-hydrogen) atoms. The molecule has 1 fully saturated rings. The van der Waals surface area contributed by atoms with E-state index in [2.05, 4.69) is 15.6 Å². The first-order chi connectivity index (χ1) is 6.25. The van der Waals surface area contributed by atoms with Crippen molar-refractivity contribution in [2.75, 3.05) is 18.4 Å². The minimum atomic E-state index is -0.0272. The summed E-state index contributed by atoms with van der Waals surface area (Å²) in [6.45, 7) is 3.29. The van der Waals surface area contributed by atoms with Crippen LogP contribution < -0.4 is 10.6 Å². The van der Waals surface area contributed by atoms with Crippen molar-refractivity contribution in [3.05, 3.63) is 12.0 Å². The first-order valence-corrected chi connectivity index (χ1v) is 4.19. The maximum Gasteiger partial charge on any atom is 0.301 e. The Morgan fingerprint density at radius 1 is 1.77 bits per heavy atom. The van der Waals surface area contributed by atoms with Gasteiger partial charge in [0.1, 0.15) is 6.26 Å². The number of aryl methyl sites for hydroxylation is 1. The van der Waals surface area contributed by atoms with E-state index in [-0.39, 0.29) is 17.8 Å². The lowest BCUT2D eigenvalue weighted by molar-refractivity contribution is -0.121. The summed E-state index contributed by atoms with van der Waals surface area (Å²) in [5.74, 6) is 0.0350. The molecular formula is C8H11N3O2. The lowest BCUT2D eigenvalue weighted by atomic mass is 10.0. The van der Waals surface area contributed by atoms with Crippen LogP contribution in [0.3, 0.4) is 0 Å². The molecule has 0 spiro atoms. The van der Waals surface area contributed by atoms with Crippen LogP contribution in [0.15, 0.2) is 10.7 Å². The van der Waals surface area contributed by atoms with E-state index in [0.717, 1.165) is 18.8 Å². The second kappa shape index (κ2) is 3.18. The minimum absolute atomic E-state index is 0.0272. The summed E-state index contributed by atoms with van der Waals surface area (Å²) in [5, 5.41) is 5.63. The van der Waals surface area contributed by atoms with E-state index in [9.17, 15) is 4.79 Å². The average Bonchev–Trinajstić information content (AvgIpc) is 2.31. The van der Waals surface area contributed by atoms with Gasteiger partial charge in [0.25, 0.3) is 0 Å². The highest BCUT2D eigenvalue weighted by Crippen LogP contribution is 2.10. The molecule has 1 saturated heterocycles. The van der Waals surface area contributed by atoms with E-state index in [1.165, 1.54) is 6.26 Å². The van der Waals surface area contributed by atoms with E-state index in [4.69, 9.17) is 4.42 Å². The average molecular weight is 181 g/mol. The number of aromatic nitrogens is 1. The van der Waals surface area contributed by atoms with Crippen molar-refractivity contribution in [2.45, 2.75) is 6.92 Å². The number of nitrogens with zero attached hydrogens (tertiary/aromatic N) is 1. The summed E-state index contributed by atoms with van der Waals surface area (Å²) < 4.78 is 4.99. The molecule has 70 valence electrons. The van der Waals surface area contributed by atoms with Crippen molar-refractivity contribution in [2.24, 2.45) is 5.92 Å². The molecular weight excluding hydrogens is 170 g/mol. The fraction of sp³-hybridized carbons (Fsp3) is 0.500. The van der Waals surface area contributed by atoms with Gasteiger partial charge >= 0.3 is 6.01 Å². The molecule has 0 aromatic carbocycles. The smallest absolute Gasteiger partial charge is 0.301 e. The minimum Gasteiger partial charge on any atom is -0.432 e. The third kappa shape index (κ3) is 1.70. The van der Waals surface area contributed by atoms with E-state index >= 15 is 0 Å². The lowest BCUT2D eigenvalue weighted by Crippen LogP contribution is -2.48. The second-order valence-corrected chi connectivity index (χ2v) is 3.14. The number of carbonyl (C=O) groups is 1. The van der Waals surface area contributed by atoms with Crippen LogP contribution in [0.2, 0.25) is 0 Å². The molecule has 2 heterocycles. The molecule has 0 radical (unpaired) electrons. The van der Waals surface area contributed by atoms with Crippen LogP contribution in [0, 0.1) is 12.8 Å². The Bertz CT molecular complexity index is 317. The first-order valence-electron chi connectivity index (χ1n) is 4.19. The van der Waals surface area contributed by atoms with Crippen molar-refractivity contribution in [3.63, 3.8) is 0 Å². The molecule has 0 aliphatic carbocycles. The third-order valence-corrected chi connectivity index (χ3v) is 2.00. The summed E-state index contributed by atoms with van der Waals surface area (Å²) >= 11 is 0. The van der Waals surface area contributed by atoms with E-state index in [1.807, 2.05) is 6.92 Å². The highest BCUT2D eigenvalue weighted by Gasteiger charge is 2.25. The predicted molar refractivity (Wildman–Crippen MR) is 46.2 cm³/mol. The maximum absolute atomic E-state index is 11.4. The Morgan fingerprint density at radius 3 is 3.00 bits per heavy atom. The van der Waals surface area contributed by atoms with E-state index in [1.54, 1.807) is 0 Å². The molecule has 1 aliphatic heterocycles. The van der Waals surface area contributed by atoms with E-state index < -0.39 is 0 Å². The summed E-state index contributed by atoms with van der Waals surface area (Å²) in [6, 6.07) is 0.286. The van der Waals surface area contributed by atoms with Gasteiger partial charge in [0.2, 0.25) is 5.91 Å². The van der Waals surface area contributed by atoms with Crippen LogP contribution in [0.25, 0.3) is 0 Å². The quantitative estimate of drug-likeness (QED) is 0.681. The van der Waals surface area contributed by atoms with Crippen molar-refractivity contribution >= 4 is 11.9 Å². The number of anilines is 1. The van der Waals surface area contributed by atoms with Gasteiger partial charge in [0.15, 0.2) is 0 Å². The van der Waals surface area contributed by atoms with Crippen LogP contribution in [0.1, 0.15) is 5.69 Å². The number of rotatable bonds is 2. The summed E-state index contributed by atoms with van der Waals surface area (Å²) in [7, 11) is 0. The van der Waals surface area contributed by atoms with Gasteiger partial charge in [-0.25, -0.2) is 0 Å². The number of amides is 1. The standard InChI is InChI=1S/C8H11N3O2/c1-5-4-13-8(10-5)11-7(12)6-2-9-3-6/h4,6,9H,2-3H2,1H3,(H,10,11,12). The Labute approximate surface area is 75.5 Å². The maximum atomic E-state index is 11.4. The lowest BCUT2D eigenvalue weighted by Gasteiger charge is -2.24. The largest absolute Gasteiger partial charge is 0.432 e. The van der Waals surface area contributed by atoms with Gasteiger partial charge in [-0.05, 0) is 6.92 Å². The van der Waals surface area contributed by atoms with Gasteiger partial charge in [0, 0.05) is 13.1 Å². The van der Waals surface area contributed by atoms with Crippen LogP contribution in [0.4, 0.5) is 6.01 Å². The highest BCUT2D eigenvalue weighted by atomic mass is 16.4. The summed E-state index contributed by atoms with van der Waals surface area (Å²) in [6.07, 6.45) is 1.51. The first kappa shape index (κ1) is 8.25. The van der Waals surface area contributed by atoms with Gasteiger partial charge in [-0.15, -0.1) is 0 Å². The molecule has 1 aliphatic rings. The monoisotopic (exact) mass is 181 g/mol. The molecule has 5 heteroatoms. The normalized spacial score (nSPS) is 16.7. The number of hydrogen-bond donors (Lipinski definition) is 2. The van der Waals surface area contributed by atoms with Gasteiger partial charge < -0.3 is 9.73 Å². The molecule has 0 atom stereocenters. The Morgan fingerprint density at radius 2 is 2.54 bits per heavy atom. The fourth-order valence-corrected chi connectivity index (χ4v) is 1.09. The van der Waals surface area contributed by atoms with Crippen molar-refractivity contribution < 1.29 is 9.21 Å². The van der Waals surface area contributed by atoms with Crippen molar-refractivity contribution in [1.29, 1.82) is 0 Å². The van der Waals surface area contributed by atoms with Gasteiger partial charge in [-0.3, -0.25) is 10.1 Å². The molecule has 1 aromatic heterocycles. The topological polar surface area (TPSA) is 67.2 Å². The molecule has 2 N–H and O–H groups in total. The Hall–Kier alpha value is -1.36. The molecule has 0 unspecified atom stereocenters. The zero-order valence-corrected chi connectivity index (χ0v) is 7.33. The van der Waals surface area contributed by atoms with Crippen molar-refractivity contribution in [1.82, 2.24) is 10.3 Å². The van der Waals surface area contributed by atoms with Gasteiger partial charge in [-0.2, -0.15) is 4.98 Å². The fourth-order valence-electron chi connectivity index (χ4n) is 1.09. The Balaban J connectivity index is 1.93. The number of oxazole rings is 1. The number of hydrogen-bond acceptors (Lipinski definition) is 4. The third-order valence-electron chi connectivity index (χ3n) is 2.00. The van der Waals surface area contributed by atoms with Crippen molar-refractivity contribution in [3.8, 4) is 0 Å². The van der Waals surface area contributed by atoms with Crippen LogP contribution in [-0.2, 0) is 4.79 Å². The molecule has 2 rings (SSSR count). The summed E-state index contributed by atoms with van der Waals surface area (Å²) in [4.78, 5) is 15.3.